The van der Waals surface area contributed by atoms with Gasteiger partial charge in [-0.15, -0.1) is 0 Å². The summed E-state index contributed by atoms with van der Waals surface area (Å²) < 4.78 is 47.2. The van der Waals surface area contributed by atoms with Crippen molar-refractivity contribution in [1.82, 2.24) is 19.7 Å². The van der Waals surface area contributed by atoms with E-state index in [0.29, 0.717) is 19.6 Å². The number of ketones is 1. The van der Waals surface area contributed by atoms with Crippen LogP contribution in [-0.4, -0.2) is 50.7 Å². The van der Waals surface area contributed by atoms with Crippen LogP contribution >= 0.6 is 0 Å². The summed E-state index contributed by atoms with van der Waals surface area (Å²) in [5.74, 6) is -1.48. The number of alkyl halides is 3. The average Bonchev–Trinajstić information content (AvgIpc) is 3.27. The second-order valence-corrected chi connectivity index (χ2v) is 8.52. The van der Waals surface area contributed by atoms with Gasteiger partial charge in [-0.3, -0.25) is 9.59 Å². The number of fused-ring (bicyclic) bond motifs is 1. The molecule has 0 radical (unpaired) electrons. The normalized spacial score (nSPS) is 20.5. The number of carbonyl (C=O) groups excluding carboxylic acids is 2. The van der Waals surface area contributed by atoms with Crippen LogP contribution in [0.15, 0.2) is 6.20 Å². The van der Waals surface area contributed by atoms with E-state index in [4.69, 9.17) is 10.5 Å². The van der Waals surface area contributed by atoms with Crippen molar-refractivity contribution in [1.29, 1.82) is 0 Å². The van der Waals surface area contributed by atoms with Crippen LogP contribution in [0.3, 0.4) is 0 Å². The van der Waals surface area contributed by atoms with Gasteiger partial charge in [0.1, 0.15) is 0 Å². The van der Waals surface area contributed by atoms with Gasteiger partial charge in [-0.25, -0.2) is 14.6 Å². The molecule has 9 nitrogen and oxygen atoms in total. The zero-order valence-electron chi connectivity index (χ0n) is 16.9. The third-order valence-electron chi connectivity index (χ3n) is 5.29. The summed E-state index contributed by atoms with van der Waals surface area (Å²) in [5, 5.41) is 6.71. The summed E-state index contributed by atoms with van der Waals surface area (Å²) in [5.41, 5.74) is 3.11. The summed E-state index contributed by atoms with van der Waals surface area (Å²) >= 11 is 0. The molecular formula is C19H21F3N6O3. The van der Waals surface area contributed by atoms with Crippen LogP contribution in [0, 0.1) is 5.41 Å². The Morgan fingerprint density at radius 1 is 1.35 bits per heavy atom. The number of nitrogens with two attached hydrogens (primary N) is 1. The SMILES string of the molecule is CC1(C)CC(=O)c2c(C(F)(F)F)nn(-c3cnc(C(N)=O)c(NC4CCOC4)n3)c2C1. The molecule has 2 aromatic rings. The van der Waals surface area contributed by atoms with Crippen molar-refractivity contribution in [3.8, 4) is 5.82 Å². The standard InChI is InChI=1S/C19H21F3N6O3/c1-18(2)5-10-13(11(29)6-18)15(19(20,21)22)27-28(10)12-7-24-14(16(23)30)17(26-12)25-9-3-4-31-8-9/h7,9H,3-6,8H2,1-2H3,(H2,23,30)(H,25,26). The molecule has 1 fully saturated rings. The minimum absolute atomic E-state index is 0.0183. The lowest BCUT2D eigenvalue weighted by Gasteiger charge is -2.29. The summed E-state index contributed by atoms with van der Waals surface area (Å²) in [6, 6.07) is -0.152. The number of nitrogens with one attached hydrogen (secondary N) is 1. The number of primary amides is 1. The number of hydrogen-bond donors (Lipinski definition) is 2. The van der Waals surface area contributed by atoms with Gasteiger partial charge < -0.3 is 15.8 Å². The lowest BCUT2D eigenvalue weighted by Crippen LogP contribution is -2.29. The van der Waals surface area contributed by atoms with Crippen LogP contribution in [0.4, 0.5) is 19.0 Å². The lowest BCUT2D eigenvalue weighted by molar-refractivity contribution is -0.141. The Bertz CT molecular complexity index is 1060. The number of anilines is 1. The highest BCUT2D eigenvalue weighted by Crippen LogP contribution is 2.41. The van der Waals surface area contributed by atoms with E-state index in [9.17, 15) is 22.8 Å². The molecule has 31 heavy (non-hydrogen) atoms. The van der Waals surface area contributed by atoms with Crippen molar-refractivity contribution in [2.45, 2.75) is 45.3 Å². The van der Waals surface area contributed by atoms with Crippen LogP contribution in [0.1, 0.15) is 58.9 Å². The molecule has 1 aliphatic carbocycles. The van der Waals surface area contributed by atoms with Crippen LogP contribution in [0.5, 0.6) is 0 Å². The van der Waals surface area contributed by atoms with E-state index in [0.717, 1.165) is 10.9 Å². The minimum atomic E-state index is -4.81. The average molecular weight is 438 g/mol. The summed E-state index contributed by atoms with van der Waals surface area (Å²) in [7, 11) is 0. The first kappa shape index (κ1) is 21.2. The first-order chi connectivity index (χ1) is 14.5. The number of carbonyl (C=O) groups is 2. The fraction of sp³-hybridized carbons (Fsp3) is 0.526. The molecule has 0 aromatic carbocycles. The van der Waals surface area contributed by atoms with Crippen molar-refractivity contribution in [3.05, 3.63) is 28.8 Å². The molecule has 4 rings (SSSR count). The Morgan fingerprint density at radius 2 is 2.10 bits per heavy atom. The maximum atomic E-state index is 13.6. The van der Waals surface area contributed by atoms with Gasteiger partial charge in [0, 0.05) is 13.0 Å². The monoisotopic (exact) mass is 438 g/mol. The zero-order chi connectivity index (χ0) is 22.6. The first-order valence-corrected chi connectivity index (χ1v) is 9.70. The van der Waals surface area contributed by atoms with Gasteiger partial charge in [0.15, 0.2) is 28.8 Å². The van der Waals surface area contributed by atoms with Gasteiger partial charge in [-0.2, -0.15) is 18.3 Å². The summed E-state index contributed by atoms with van der Waals surface area (Å²) in [6.07, 6.45) is -2.86. The lowest BCUT2D eigenvalue weighted by atomic mass is 9.75. The number of aromatic nitrogens is 4. The van der Waals surface area contributed by atoms with E-state index in [1.54, 1.807) is 13.8 Å². The largest absolute Gasteiger partial charge is 0.435 e. The van der Waals surface area contributed by atoms with Gasteiger partial charge in [-0.05, 0) is 18.3 Å². The quantitative estimate of drug-likeness (QED) is 0.749. The van der Waals surface area contributed by atoms with E-state index >= 15 is 0 Å². The number of ether oxygens (including phenoxy) is 1. The van der Waals surface area contributed by atoms with E-state index < -0.39 is 34.5 Å². The summed E-state index contributed by atoms with van der Waals surface area (Å²) in [6.45, 7) is 4.50. The summed E-state index contributed by atoms with van der Waals surface area (Å²) in [4.78, 5) is 32.7. The predicted octanol–water partition coefficient (Wildman–Crippen LogP) is 2.14. The minimum Gasteiger partial charge on any atom is -0.379 e. The van der Waals surface area contributed by atoms with Gasteiger partial charge in [-0.1, -0.05) is 13.8 Å². The Balaban J connectivity index is 1.86. The molecule has 0 saturated carbocycles. The molecule has 166 valence electrons. The molecule has 1 aliphatic heterocycles. The number of hydrogen-bond acceptors (Lipinski definition) is 7. The highest BCUT2D eigenvalue weighted by Gasteiger charge is 2.45. The highest BCUT2D eigenvalue weighted by atomic mass is 19.4. The van der Waals surface area contributed by atoms with Gasteiger partial charge in [0.2, 0.25) is 0 Å². The third kappa shape index (κ3) is 3.99. The highest BCUT2D eigenvalue weighted by molar-refractivity contribution is 6.00. The molecule has 0 spiro atoms. The first-order valence-electron chi connectivity index (χ1n) is 9.70. The van der Waals surface area contributed by atoms with Crippen LogP contribution in [0.25, 0.3) is 5.82 Å². The molecule has 1 saturated heterocycles. The van der Waals surface area contributed by atoms with Crippen molar-refractivity contribution in [2.24, 2.45) is 11.1 Å². The Hall–Kier alpha value is -3.02. The van der Waals surface area contributed by atoms with E-state index in [2.05, 4.69) is 20.4 Å². The fourth-order valence-corrected chi connectivity index (χ4v) is 3.94. The second-order valence-electron chi connectivity index (χ2n) is 8.52. The molecule has 3 heterocycles. The van der Waals surface area contributed by atoms with E-state index in [-0.39, 0.29) is 41.9 Å². The molecule has 1 unspecified atom stereocenters. The van der Waals surface area contributed by atoms with E-state index in [1.807, 2.05) is 0 Å². The topological polar surface area (TPSA) is 125 Å². The molecule has 1 atom stereocenters. The Kier molecular flexibility index (Phi) is 4.99. The number of amides is 1. The Labute approximate surface area is 175 Å². The van der Waals surface area contributed by atoms with Gasteiger partial charge in [0.05, 0.1) is 30.1 Å². The van der Waals surface area contributed by atoms with Crippen LogP contribution in [-0.2, 0) is 17.3 Å². The van der Waals surface area contributed by atoms with Crippen molar-refractivity contribution in [3.63, 3.8) is 0 Å². The third-order valence-corrected chi connectivity index (χ3v) is 5.29. The van der Waals surface area contributed by atoms with Crippen LogP contribution in [0.2, 0.25) is 0 Å². The van der Waals surface area contributed by atoms with Crippen LogP contribution < -0.4 is 11.1 Å². The van der Waals surface area contributed by atoms with Crippen molar-refractivity contribution >= 4 is 17.5 Å². The molecular weight excluding hydrogens is 417 g/mol. The Morgan fingerprint density at radius 3 is 2.71 bits per heavy atom. The van der Waals surface area contributed by atoms with Crippen molar-refractivity contribution in [2.75, 3.05) is 18.5 Å². The van der Waals surface area contributed by atoms with Gasteiger partial charge in [0.25, 0.3) is 5.91 Å². The van der Waals surface area contributed by atoms with E-state index in [1.165, 1.54) is 0 Å². The van der Waals surface area contributed by atoms with Gasteiger partial charge >= 0.3 is 6.18 Å². The molecule has 2 aliphatic rings. The zero-order valence-corrected chi connectivity index (χ0v) is 16.9. The molecule has 3 N–H and O–H groups in total. The molecule has 1 amide bonds. The number of Topliss-reactive ketones (excluding diaryl/α,β-unsaturated/α-hetero) is 1. The maximum Gasteiger partial charge on any atom is 0.435 e. The molecule has 12 heteroatoms. The maximum absolute atomic E-state index is 13.6. The number of rotatable bonds is 4. The van der Waals surface area contributed by atoms with Crippen molar-refractivity contribution < 1.29 is 27.5 Å². The second kappa shape index (κ2) is 7.29. The predicted molar refractivity (Wildman–Crippen MR) is 102 cm³/mol. The smallest absolute Gasteiger partial charge is 0.379 e. The molecule has 2 aromatic heterocycles. The number of halogens is 3. The fourth-order valence-electron chi connectivity index (χ4n) is 3.94. The molecule has 0 bridgehead atoms. The number of nitrogens with zero attached hydrogens (tertiary/aromatic N) is 4.